The van der Waals surface area contributed by atoms with Crippen LogP contribution in [-0.4, -0.2) is 0 Å². The van der Waals surface area contributed by atoms with Gasteiger partial charge < -0.3 is 0 Å². The van der Waals surface area contributed by atoms with Gasteiger partial charge in [0.05, 0.1) is 0 Å². The zero-order chi connectivity index (χ0) is 11.4. The van der Waals surface area contributed by atoms with Crippen molar-refractivity contribution in [2.45, 2.75) is 67.7 Å². The zero-order valence-corrected chi connectivity index (χ0v) is 11.4. The van der Waals surface area contributed by atoms with E-state index in [-0.39, 0.29) is 0 Å². The van der Waals surface area contributed by atoms with E-state index in [2.05, 4.69) is 48.5 Å². The maximum absolute atomic E-state index is 2.42. The minimum absolute atomic E-state index is 0.539. The van der Waals surface area contributed by atoms with Gasteiger partial charge in [0.15, 0.2) is 0 Å². The van der Waals surface area contributed by atoms with E-state index in [1.54, 1.807) is 0 Å². The molecule has 0 heteroatoms. The highest BCUT2D eigenvalue weighted by atomic mass is 14.3. The van der Waals surface area contributed by atoms with Crippen molar-refractivity contribution >= 4 is 0 Å². The monoisotopic (exact) mass is 198 g/mol. The van der Waals surface area contributed by atoms with Crippen molar-refractivity contribution in [1.82, 2.24) is 0 Å². The zero-order valence-electron chi connectivity index (χ0n) is 11.4. The van der Waals surface area contributed by atoms with E-state index >= 15 is 0 Å². The van der Waals surface area contributed by atoms with Gasteiger partial charge in [-0.05, 0) is 36.0 Å². The summed E-state index contributed by atoms with van der Waals surface area (Å²) in [4.78, 5) is 0. The highest BCUT2D eigenvalue weighted by Crippen LogP contribution is 2.35. The molecule has 0 N–H and O–H groups in total. The Kier molecular flexibility index (Phi) is 5.78. The second kappa shape index (κ2) is 5.78. The Morgan fingerprint density at radius 2 is 1.50 bits per heavy atom. The summed E-state index contributed by atoms with van der Waals surface area (Å²) in [6.45, 7) is 16.6. The van der Waals surface area contributed by atoms with E-state index in [0.717, 1.165) is 17.8 Å². The van der Waals surface area contributed by atoms with Crippen molar-refractivity contribution in [2.24, 2.45) is 23.2 Å². The molecule has 0 aliphatic heterocycles. The summed E-state index contributed by atoms with van der Waals surface area (Å²) in [6, 6.07) is 0. The summed E-state index contributed by atoms with van der Waals surface area (Å²) in [7, 11) is 0. The number of rotatable bonds is 6. The van der Waals surface area contributed by atoms with Gasteiger partial charge in [-0.3, -0.25) is 0 Å². The first-order valence-electron chi connectivity index (χ1n) is 6.30. The molecular formula is C14H30. The highest BCUT2D eigenvalue weighted by molar-refractivity contribution is 4.75. The van der Waals surface area contributed by atoms with Crippen molar-refractivity contribution in [3.8, 4) is 0 Å². The fraction of sp³-hybridized carbons (Fsp3) is 1.00. The van der Waals surface area contributed by atoms with E-state index in [9.17, 15) is 0 Å². The molecule has 0 aromatic rings. The summed E-state index contributed by atoms with van der Waals surface area (Å²) in [5, 5.41) is 0. The molecule has 0 rings (SSSR count). The van der Waals surface area contributed by atoms with Crippen molar-refractivity contribution in [3.05, 3.63) is 0 Å². The Morgan fingerprint density at radius 1 is 1.00 bits per heavy atom. The minimum atomic E-state index is 0.539. The van der Waals surface area contributed by atoms with Gasteiger partial charge in [0.2, 0.25) is 0 Å². The molecule has 0 amide bonds. The first kappa shape index (κ1) is 14.0. The van der Waals surface area contributed by atoms with Crippen molar-refractivity contribution in [2.75, 3.05) is 0 Å². The minimum Gasteiger partial charge on any atom is -0.0654 e. The van der Waals surface area contributed by atoms with Gasteiger partial charge in [0.1, 0.15) is 0 Å². The molecule has 0 aromatic heterocycles. The molecule has 14 heavy (non-hydrogen) atoms. The van der Waals surface area contributed by atoms with Gasteiger partial charge in [-0.2, -0.15) is 0 Å². The molecule has 0 radical (unpaired) electrons. The molecular weight excluding hydrogens is 168 g/mol. The Balaban J connectivity index is 4.09. The molecule has 0 nitrogen and oxygen atoms in total. The molecule has 0 saturated heterocycles. The van der Waals surface area contributed by atoms with Crippen LogP contribution in [0.1, 0.15) is 67.7 Å². The summed E-state index contributed by atoms with van der Waals surface area (Å²) in [5.74, 6) is 2.53. The van der Waals surface area contributed by atoms with Gasteiger partial charge in [0, 0.05) is 0 Å². The van der Waals surface area contributed by atoms with Crippen LogP contribution in [0.15, 0.2) is 0 Å². The lowest BCUT2D eigenvalue weighted by molar-refractivity contribution is 0.186. The van der Waals surface area contributed by atoms with Gasteiger partial charge in [-0.25, -0.2) is 0 Å². The second-order valence-electron chi connectivity index (χ2n) is 6.20. The van der Waals surface area contributed by atoms with E-state index < -0.39 is 0 Å². The third-order valence-electron chi connectivity index (χ3n) is 3.75. The first-order valence-corrected chi connectivity index (χ1v) is 6.30. The molecule has 2 atom stereocenters. The lowest BCUT2D eigenvalue weighted by atomic mass is 9.74. The Labute approximate surface area is 91.5 Å². The van der Waals surface area contributed by atoms with Gasteiger partial charge >= 0.3 is 0 Å². The highest BCUT2D eigenvalue weighted by Gasteiger charge is 2.24. The van der Waals surface area contributed by atoms with Crippen LogP contribution in [0.25, 0.3) is 0 Å². The van der Waals surface area contributed by atoms with Crippen LogP contribution in [-0.2, 0) is 0 Å². The number of hydrogen-bond acceptors (Lipinski definition) is 0. The van der Waals surface area contributed by atoms with Crippen LogP contribution < -0.4 is 0 Å². The molecule has 0 spiro atoms. The second-order valence-corrected chi connectivity index (χ2v) is 6.20. The Morgan fingerprint density at radius 3 is 1.86 bits per heavy atom. The van der Waals surface area contributed by atoms with E-state index in [1.807, 2.05) is 0 Å². The summed E-state index contributed by atoms with van der Waals surface area (Å²) in [6.07, 6.45) is 4.05. The Bertz CT molecular complexity index is 144. The van der Waals surface area contributed by atoms with Crippen molar-refractivity contribution in [3.63, 3.8) is 0 Å². The van der Waals surface area contributed by atoms with E-state index in [4.69, 9.17) is 0 Å². The maximum Gasteiger partial charge on any atom is -0.0352 e. The SMILES string of the molecule is CCCC(C)(C)CC(C)C(C)C(C)C. The van der Waals surface area contributed by atoms with Gasteiger partial charge in [0.25, 0.3) is 0 Å². The van der Waals surface area contributed by atoms with Crippen LogP contribution in [0, 0.1) is 23.2 Å². The predicted molar refractivity (Wildman–Crippen MR) is 66.5 cm³/mol. The summed E-state index contributed by atoms with van der Waals surface area (Å²) in [5.41, 5.74) is 0.539. The smallest absolute Gasteiger partial charge is 0.0352 e. The summed E-state index contributed by atoms with van der Waals surface area (Å²) < 4.78 is 0. The molecule has 0 heterocycles. The van der Waals surface area contributed by atoms with E-state index in [0.29, 0.717) is 5.41 Å². The predicted octanol–water partition coefficient (Wildman–Crippen LogP) is 5.13. The third kappa shape index (κ3) is 5.02. The largest absolute Gasteiger partial charge is 0.0654 e. The average molecular weight is 198 g/mol. The Hall–Kier alpha value is 0. The van der Waals surface area contributed by atoms with Gasteiger partial charge in [-0.1, -0.05) is 54.9 Å². The van der Waals surface area contributed by atoms with Crippen LogP contribution in [0.3, 0.4) is 0 Å². The molecule has 86 valence electrons. The molecule has 0 fully saturated rings. The normalized spacial score (nSPS) is 17.1. The molecule has 0 aromatic carbocycles. The summed E-state index contributed by atoms with van der Waals surface area (Å²) >= 11 is 0. The number of hydrogen-bond donors (Lipinski definition) is 0. The van der Waals surface area contributed by atoms with Crippen LogP contribution >= 0.6 is 0 Å². The molecule has 0 aliphatic carbocycles. The molecule has 0 aliphatic rings. The molecule has 0 bridgehead atoms. The molecule has 2 unspecified atom stereocenters. The molecule has 0 saturated carbocycles. The third-order valence-corrected chi connectivity index (χ3v) is 3.75. The fourth-order valence-electron chi connectivity index (χ4n) is 2.49. The lowest BCUT2D eigenvalue weighted by Crippen LogP contribution is -2.22. The quantitative estimate of drug-likeness (QED) is 0.555. The maximum atomic E-state index is 2.42. The van der Waals surface area contributed by atoms with Crippen LogP contribution in [0.2, 0.25) is 0 Å². The average Bonchev–Trinajstić information content (AvgIpc) is 2.01. The van der Waals surface area contributed by atoms with Crippen LogP contribution in [0.5, 0.6) is 0 Å². The van der Waals surface area contributed by atoms with Crippen molar-refractivity contribution in [1.29, 1.82) is 0 Å². The standard InChI is InChI=1S/C14H30/c1-8-9-14(6,7)10-12(4)13(5)11(2)3/h11-13H,8-10H2,1-7H3. The van der Waals surface area contributed by atoms with Crippen LogP contribution in [0.4, 0.5) is 0 Å². The fourth-order valence-corrected chi connectivity index (χ4v) is 2.49. The van der Waals surface area contributed by atoms with Gasteiger partial charge in [-0.15, -0.1) is 0 Å². The lowest BCUT2D eigenvalue weighted by Gasteiger charge is -2.32. The van der Waals surface area contributed by atoms with E-state index in [1.165, 1.54) is 19.3 Å². The topological polar surface area (TPSA) is 0 Å². The first-order chi connectivity index (χ1) is 6.30. The van der Waals surface area contributed by atoms with Crippen molar-refractivity contribution < 1.29 is 0 Å².